The average molecular weight is 326 g/mol. The van der Waals surface area contributed by atoms with E-state index in [0.29, 0.717) is 13.0 Å². The molecule has 0 unspecified atom stereocenters. The third-order valence-corrected chi connectivity index (χ3v) is 4.60. The Morgan fingerprint density at radius 2 is 2.00 bits per heavy atom. The molecule has 1 spiro atoms. The molecule has 2 aliphatic heterocycles. The van der Waals surface area contributed by atoms with Crippen molar-refractivity contribution in [2.45, 2.75) is 18.8 Å². The largest absolute Gasteiger partial charge is 0.345 e. The molecule has 7 heteroatoms. The molecule has 124 valence electrons. The first kappa shape index (κ1) is 15.8. The quantitative estimate of drug-likeness (QED) is 0.793. The number of likely N-dealkylation sites (tertiary alicyclic amines) is 2. The van der Waals surface area contributed by atoms with Gasteiger partial charge in [-0.1, -0.05) is 6.07 Å². The predicted molar refractivity (Wildman–Crippen MR) is 76.6 cm³/mol. The molecule has 0 radical (unpaired) electrons. The van der Waals surface area contributed by atoms with Crippen molar-refractivity contribution in [3.8, 4) is 0 Å². The van der Waals surface area contributed by atoms with Crippen LogP contribution >= 0.6 is 0 Å². The van der Waals surface area contributed by atoms with Gasteiger partial charge in [-0.3, -0.25) is 9.59 Å². The van der Waals surface area contributed by atoms with Crippen molar-refractivity contribution >= 4 is 11.8 Å². The summed E-state index contributed by atoms with van der Waals surface area (Å²) in [6.45, 7) is -0.404. The molecule has 1 aromatic carbocycles. The van der Waals surface area contributed by atoms with E-state index in [4.69, 9.17) is 0 Å². The van der Waals surface area contributed by atoms with Crippen LogP contribution in [0.1, 0.15) is 23.2 Å². The maximum absolute atomic E-state index is 14.2. The Hall–Kier alpha value is -2.05. The van der Waals surface area contributed by atoms with Crippen molar-refractivity contribution in [3.63, 3.8) is 0 Å². The van der Waals surface area contributed by atoms with Crippen LogP contribution in [0.15, 0.2) is 24.3 Å². The monoisotopic (exact) mass is 326 g/mol. The van der Waals surface area contributed by atoms with E-state index < -0.39 is 36.0 Å². The van der Waals surface area contributed by atoms with Gasteiger partial charge in [0.05, 0.1) is 12.0 Å². The van der Waals surface area contributed by atoms with Gasteiger partial charge in [0.2, 0.25) is 5.91 Å². The van der Waals surface area contributed by atoms with Gasteiger partial charge in [-0.05, 0) is 24.6 Å². The van der Waals surface area contributed by atoms with Gasteiger partial charge in [0.25, 0.3) is 11.8 Å². The minimum atomic E-state index is -3.14. The van der Waals surface area contributed by atoms with Crippen LogP contribution in [0.5, 0.6) is 0 Å². The van der Waals surface area contributed by atoms with Crippen molar-refractivity contribution in [1.82, 2.24) is 9.80 Å². The summed E-state index contributed by atoms with van der Waals surface area (Å²) in [6, 6.07) is 4.94. The number of hydrogen-bond donors (Lipinski definition) is 0. The van der Waals surface area contributed by atoms with E-state index in [1.54, 1.807) is 7.05 Å². The molecule has 0 aliphatic carbocycles. The van der Waals surface area contributed by atoms with Crippen molar-refractivity contribution < 1.29 is 22.8 Å². The van der Waals surface area contributed by atoms with Gasteiger partial charge in [0.15, 0.2) is 0 Å². The van der Waals surface area contributed by atoms with E-state index in [1.165, 1.54) is 23.1 Å². The zero-order valence-corrected chi connectivity index (χ0v) is 12.7. The Morgan fingerprint density at radius 3 is 2.61 bits per heavy atom. The molecule has 0 N–H and O–H groups in total. The standard InChI is InChI=1S/C16H17F3N2O2/c1-20-6-5-15(14(20)23)8-16(18,19)10-21(9-15)13(22)11-3-2-4-12(17)7-11/h2-4,7H,5-6,8-10H2,1H3/t15-/m1/s1. The van der Waals surface area contributed by atoms with Crippen LogP contribution in [-0.2, 0) is 4.79 Å². The molecule has 4 nitrogen and oxygen atoms in total. The lowest BCUT2D eigenvalue weighted by atomic mass is 9.76. The molecule has 23 heavy (non-hydrogen) atoms. The molecule has 1 aromatic rings. The summed E-state index contributed by atoms with van der Waals surface area (Å²) in [6.07, 6.45) is -0.249. The van der Waals surface area contributed by atoms with Gasteiger partial charge in [-0.2, -0.15) is 0 Å². The number of piperidine rings is 1. The minimum absolute atomic E-state index is 0.0108. The Bertz CT molecular complexity index is 664. The fraction of sp³-hybridized carbons (Fsp3) is 0.500. The Labute approximate surface area is 131 Å². The Morgan fingerprint density at radius 1 is 1.26 bits per heavy atom. The van der Waals surface area contributed by atoms with Crippen molar-refractivity contribution in [2.24, 2.45) is 5.41 Å². The number of rotatable bonds is 1. The number of carbonyl (C=O) groups excluding carboxylic acids is 2. The van der Waals surface area contributed by atoms with E-state index in [9.17, 15) is 22.8 Å². The number of alkyl halides is 2. The molecule has 0 bridgehead atoms. The molecule has 2 saturated heterocycles. The van der Waals surface area contributed by atoms with Crippen LogP contribution in [0.4, 0.5) is 13.2 Å². The summed E-state index contributed by atoms with van der Waals surface area (Å²) >= 11 is 0. The number of carbonyl (C=O) groups is 2. The van der Waals surface area contributed by atoms with Crippen LogP contribution in [-0.4, -0.2) is 54.2 Å². The fourth-order valence-electron chi connectivity index (χ4n) is 3.56. The van der Waals surface area contributed by atoms with E-state index in [1.807, 2.05) is 0 Å². The lowest BCUT2D eigenvalue weighted by Crippen LogP contribution is -2.57. The second-order valence-corrected chi connectivity index (χ2v) is 6.46. The number of halogens is 3. The van der Waals surface area contributed by atoms with Gasteiger partial charge in [-0.15, -0.1) is 0 Å². The first-order valence-corrected chi connectivity index (χ1v) is 7.41. The van der Waals surface area contributed by atoms with E-state index in [-0.39, 0.29) is 18.0 Å². The van der Waals surface area contributed by atoms with Gasteiger partial charge in [0.1, 0.15) is 5.82 Å². The molecule has 2 heterocycles. The Kier molecular flexibility index (Phi) is 3.61. The third kappa shape index (κ3) is 2.80. The van der Waals surface area contributed by atoms with Crippen molar-refractivity contribution in [2.75, 3.05) is 26.7 Å². The third-order valence-electron chi connectivity index (χ3n) is 4.60. The first-order chi connectivity index (χ1) is 10.7. The van der Waals surface area contributed by atoms with Crippen LogP contribution in [0.25, 0.3) is 0 Å². The summed E-state index contributed by atoms with van der Waals surface area (Å²) in [5.41, 5.74) is -1.23. The smallest absolute Gasteiger partial charge is 0.266 e. The number of amides is 2. The van der Waals surface area contributed by atoms with Gasteiger partial charge in [0, 0.05) is 32.1 Å². The van der Waals surface area contributed by atoms with Crippen LogP contribution < -0.4 is 0 Å². The number of benzene rings is 1. The number of nitrogens with zero attached hydrogens (tertiary/aromatic N) is 2. The molecule has 1 atom stereocenters. The summed E-state index contributed by atoms with van der Waals surface area (Å²) in [4.78, 5) is 27.2. The summed E-state index contributed by atoms with van der Waals surface area (Å²) in [5, 5.41) is 0. The van der Waals surface area contributed by atoms with Gasteiger partial charge >= 0.3 is 0 Å². The van der Waals surface area contributed by atoms with Crippen LogP contribution in [0, 0.1) is 11.2 Å². The van der Waals surface area contributed by atoms with Gasteiger partial charge in [-0.25, -0.2) is 13.2 Å². The topological polar surface area (TPSA) is 40.6 Å². The second-order valence-electron chi connectivity index (χ2n) is 6.46. The minimum Gasteiger partial charge on any atom is -0.345 e. The van der Waals surface area contributed by atoms with E-state index >= 15 is 0 Å². The molecule has 3 rings (SSSR count). The molecule has 2 amide bonds. The molecular weight excluding hydrogens is 309 g/mol. The fourth-order valence-corrected chi connectivity index (χ4v) is 3.56. The maximum Gasteiger partial charge on any atom is 0.266 e. The normalized spacial score (nSPS) is 26.9. The predicted octanol–water partition coefficient (Wildman–Crippen LogP) is 2.16. The highest BCUT2D eigenvalue weighted by atomic mass is 19.3. The molecule has 0 saturated carbocycles. The maximum atomic E-state index is 14.2. The molecule has 0 aromatic heterocycles. The lowest BCUT2D eigenvalue weighted by molar-refractivity contribution is -0.150. The Balaban J connectivity index is 1.91. The van der Waals surface area contributed by atoms with Crippen molar-refractivity contribution in [1.29, 1.82) is 0 Å². The average Bonchev–Trinajstić information content (AvgIpc) is 2.73. The second kappa shape index (κ2) is 5.25. The summed E-state index contributed by atoms with van der Waals surface area (Å²) in [7, 11) is 1.57. The molecular formula is C16H17F3N2O2. The highest BCUT2D eigenvalue weighted by Gasteiger charge is 2.57. The molecule has 2 aliphatic rings. The van der Waals surface area contributed by atoms with E-state index in [0.717, 1.165) is 11.0 Å². The zero-order chi connectivity index (χ0) is 16.8. The highest BCUT2D eigenvalue weighted by molar-refractivity contribution is 5.95. The molecule has 2 fully saturated rings. The van der Waals surface area contributed by atoms with E-state index in [2.05, 4.69) is 0 Å². The van der Waals surface area contributed by atoms with Crippen LogP contribution in [0.2, 0.25) is 0 Å². The number of hydrogen-bond acceptors (Lipinski definition) is 2. The first-order valence-electron chi connectivity index (χ1n) is 7.41. The summed E-state index contributed by atoms with van der Waals surface area (Å²) in [5.74, 6) is -4.77. The van der Waals surface area contributed by atoms with Crippen molar-refractivity contribution in [3.05, 3.63) is 35.6 Å². The SMILES string of the molecule is CN1CC[C@@]2(CN(C(=O)c3cccc(F)c3)CC(F)(F)C2)C1=O. The lowest BCUT2D eigenvalue weighted by Gasteiger charge is -2.42. The van der Waals surface area contributed by atoms with Gasteiger partial charge < -0.3 is 9.80 Å². The van der Waals surface area contributed by atoms with Crippen LogP contribution in [0.3, 0.4) is 0 Å². The zero-order valence-electron chi connectivity index (χ0n) is 12.7. The highest BCUT2D eigenvalue weighted by Crippen LogP contribution is 2.45. The summed E-state index contributed by atoms with van der Waals surface area (Å²) < 4.78 is 41.6.